The van der Waals surface area contributed by atoms with Gasteiger partial charge in [-0.2, -0.15) is 0 Å². The van der Waals surface area contributed by atoms with E-state index in [1.54, 1.807) is 12.1 Å². The average molecular weight is 284 g/mol. The van der Waals surface area contributed by atoms with Crippen molar-refractivity contribution in [1.29, 1.82) is 0 Å². The fraction of sp³-hybridized carbons (Fsp3) is 0.235. The minimum atomic E-state index is -0.983. The maximum Gasteiger partial charge on any atom is 0.338 e. The smallest absolute Gasteiger partial charge is 0.338 e. The largest absolute Gasteiger partial charge is 0.478 e. The van der Waals surface area contributed by atoms with Gasteiger partial charge < -0.3 is 15.7 Å². The van der Waals surface area contributed by atoms with Crippen LogP contribution in [0.3, 0.4) is 0 Å². The predicted octanol–water partition coefficient (Wildman–Crippen LogP) is 3.30. The van der Waals surface area contributed by atoms with Crippen LogP contribution in [0.5, 0.6) is 0 Å². The van der Waals surface area contributed by atoms with Crippen LogP contribution in [0.4, 0.5) is 11.4 Å². The van der Waals surface area contributed by atoms with E-state index in [0.717, 1.165) is 17.8 Å². The molecule has 0 unspecified atom stereocenters. The quantitative estimate of drug-likeness (QED) is 0.827. The van der Waals surface area contributed by atoms with Crippen molar-refractivity contribution in [3.63, 3.8) is 0 Å². The number of nitrogens with zero attached hydrogens (tertiary/aromatic N) is 1. The van der Waals surface area contributed by atoms with E-state index in [1.807, 2.05) is 32.0 Å². The fourth-order valence-electron chi connectivity index (χ4n) is 2.36. The van der Waals surface area contributed by atoms with E-state index in [1.165, 1.54) is 5.56 Å². The number of carboxylic acids is 1. The molecular weight excluding hydrogens is 264 g/mol. The molecule has 0 aliphatic carbocycles. The molecule has 0 heterocycles. The highest BCUT2D eigenvalue weighted by Crippen LogP contribution is 2.22. The Bertz CT molecular complexity index is 636. The van der Waals surface area contributed by atoms with Gasteiger partial charge in [-0.1, -0.05) is 29.8 Å². The Hall–Kier alpha value is -2.49. The van der Waals surface area contributed by atoms with Gasteiger partial charge in [-0.25, -0.2) is 4.79 Å². The molecule has 2 rings (SSSR count). The second-order valence-electron chi connectivity index (χ2n) is 5.04. The third kappa shape index (κ3) is 3.34. The van der Waals surface area contributed by atoms with Gasteiger partial charge in [0, 0.05) is 24.5 Å². The van der Waals surface area contributed by atoms with Gasteiger partial charge in [0.15, 0.2) is 0 Å². The lowest BCUT2D eigenvalue weighted by Gasteiger charge is -2.24. The third-order valence-electron chi connectivity index (χ3n) is 3.54. The Kier molecular flexibility index (Phi) is 4.48. The van der Waals surface area contributed by atoms with Crippen LogP contribution >= 0.6 is 0 Å². The van der Waals surface area contributed by atoms with Gasteiger partial charge in [0.25, 0.3) is 0 Å². The number of anilines is 2. The van der Waals surface area contributed by atoms with Crippen molar-refractivity contribution in [2.24, 2.45) is 0 Å². The van der Waals surface area contributed by atoms with E-state index in [0.29, 0.717) is 12.2 Å². The Morgan fingerprint density at radius 2 is 1.86 bits per heavy atom. The number of nitrogen functional groups attached to an aromatic ring is 1. The maximum atomic E-state index is 11.4. The second-order valence-corrected chi connectivity index (χ2v) is 5.04. The molecule has 0 amide bonds. The first kappa shape index (κ1) is 14.9. The third-order valence-corrected chi connectivity index (χ3v) is 3.54. The molecule has 0 bridgehead atoms. The molecule has 0 radical (unpaired) electrons. The SMILES string of the molecule is CCN(Cc1cccc(N)c1C(=O)O)c1ccc(C)cc1. The van der Waals surface area contributed by atoms with E-state index in [9.17, 15) is 9.90 Å². The standard InChI is InChI=1S/C17H20N2O2/c1-3-19(14-9-7-12(2)8-10-14)11-13-5-4-6-15(18)16(13)17(20)21/h4-10H,3,11,18H2,1-2H3,(H,20,21). The summed E-state index contributed by atoms with van der Waals surface area (Å²) in [6.07, 6.45) is 0. The molecule has 3 N–H and O–H groups in total. The molecule has 0 atom stereocenters. The summed E-state index contributed by atoms with van der Waals surface area (Å²) in [5.41, 5.74) is 9.30. The van der Waals surface area contributed by atoms with Crippen LogP contribution in [0.2, 0.25) is 0 Å². The van der Waals surface area contributed by atoms with E-state index >= 15 is 0 Å². The molecule has 4 heteroatoms. The molecule has 0 aliphatic rings. The van der Waals surface area contributed by atoms with Crippen LogP contribution < -0.4 is 10.6 Å². The van der Waals surface area contributed by atoms with Crippen molar-refractivity contribution in [3.8, 4) is 0 Å². The normalized spacial score (nSPS) is 10.4. The van der Waals surface area contributed by atoms with Gasteiger partial charge in [0.1, 0.15) is 0 Å². The van der Waals surface area contributed by atoms with Gasteiger partial charge in [-0.05, 0) is 37.6 Å². The van der Waals surface area contributed by atoms with Crippen LogP contribution in [0.15, 0.2) is 42.5 Å². The number of nitrogens with two attached hydrogens (primary N) is 1. The lowest BCUT2D eigenvalue weighted by molar-refractivity contribution is 0.0697. The summed E-state index contributed by atoms with van der Waals surface area (Å²) < 4.78 is 0. The van der Waals surface area contributed by atoms with Gasteiger partial charge in [-0.3, -0.25) is 0 Å². The topological polar surface area (TPSA) is 66.6 Å². The zero-order valence-electron chi connectivity index (χ0n) is 12.3. The summed E-state index contributed by atoms with van der Waals surface area (Å²) >= 11 is 0. The fourth-order valence-corrected chi connectivity index (χ4v) is 2.36. The summed E-state index contributed by atoms with van der Waals surface area (Å²) in [6, 6.07) is 13.4. The van der Waals surface area contributed by atoms with Crippen molar-refractivity contribution < 1.29 is 9.90 Å². The Morgan fingerprint density at radius 3 is 2.43 bits per heavy atom. The molecule has 4 nitrogen and oxygen atoms in total. The molecule has 0 spiro atoms. The molecule has 2 aromatic rings. The second kappa shape index (κ2) is 6.31. The predicted molar refractivity (Wildman–Crippen MR) is 85.7 cm³/mol. The first-order valence-electron chi connectivity index (χ1n) is 6.95. The highest BCUT2D eigenvalue weighted by atomic mass is 16.4. The van der Waals surface area contributed by atoms with Gasteiger partial charge in [0.2, 0.25) is 0 Å². The van der Waals surface area contributed by atoms with Crippen molar-refractivity contribution in [1.82, 2.24) is 0 Å². The number of rotatable bonds is 5. The monoisotopic (exact) mass is 284 g/mol. The maximum absolute atomic E-state index is 11.4. The van der Waals surface area contributed by atoms with Crippen LogP contribution in [0, 0.1) is 6.92 Å². The van der Waals surface area contributed by atoms with Crippen LogP contribution in [-0.4, -0.2) is 17.6 Å². The Balaban J connectivity index is 2.33. The number of carboxylic acid groups (broad SMARTS) is 1. The van der Waals surface area contributed by atoms with Crippen molar-refractivity contribution >= 4 is 17.3 Å². The first-order chi connectivity index (χ1) is 10.0. The van der Waals surface area contributed by atoms with E-state index in [4.69, 9.17) is 5.73 Å². The minimum absolute atomic E-state index is 0.197. The van der Waals surface area contributed by atoms with Crippen LogP contribution in [0.1, 0.15) is 28.4 Å². The zero-order valence-corrected chi connectivity index (χ0v) is 12.3. The molecule has 0 fully saturated rings. The molecule has 110 valence electrons. The van der Waals surface area contributed by atoms with Gasteiger partial charge >= 0.3 is 5.97 Å². The van der Waals surface area contributed by atoms with Crippen LogP contribution in [0.25, 0.3) is 0 Å². The molecule has 2 aromatic carbocycles. The lowest BCUT2D eigenvalue weighted by Crippen LogP contribution is -2.23. The minimum Gasteiger partial charge on any atom is -0.478 e. The highest BCUT2D eigenvalue weighted by molar-refractivity contribution is 5.95. The highest BCUT2D eigenvalue weighted by Gasteiger charge is 2.16. The van der Waals surface area contributed by atoms with Crippen molar-refractivity contribution in [3.05, 3.63) is 59.2 Å². The zero-order chi connectivity index (χ0) is 15.4. The molecule has 0 aliphatic heterocycles. The van der Waals surface area contributed by atoms with Crippen molar-refractivity contribution in [2.75, 3.05) is 17.2 Å². The molecule has 21 heavy (non-hydrogen) atoms. The number of aryl methyl sites for hydroxylation is 1. The number of hydrogen-bond donors (Lipinski definition) is 2. The number of aromatic carboxylic acids is 1. The average Bonchev–Trinajstić information content (AvgIpc) is 2.45. The number of carbonyl (C=O) groups is 1. The Morgan fingerprint density at radius 1 is 1.19 bits per heavy atom. The molecule has 0 saturated carbocycles. The van der Waals surface area contributed by atoms with Crippen molar-refractivity contribution in [2.45, 2.75) is 20.4 Å². The number of hydrogen-bond acceptors (Lipinski definition) is 3. The van der Waals surface area contributed by atoms with Gasteiger partial charge in [0.05, 0.1) is 5.56 Å². The summed E-state index contributed by atoms with van der Waals surface area (Å²) in [4.78, 5) is 13.5. The van der Waals surface area contributed by atoms with Crippen LogP contribution in [-0.2, 0) is 6.54 Å². The lowest BCUT2D eigenvalue weighted by atomic mass is 10.0. The summed E-state index contributed by atoms with van der Waals surface area (Å²) in [7, 11) is 0. The molecule has 0 aromatic heterocycles. The molecule has 0 saturated heterocycles. The Labute approximate surface area is 124 Å². The van der Waals surface area contributed by atoms with E-state index in [-0.39, 0.29) is 5.56 Å². The number of benzene rings is 2. The summed E-state index contributed by atoms with van der Waals surface area (Å²) in [5, 5.41) is 9.34. The summed E-state index contributed by atoms with van der Waals surface area (Å²) in [5.74, 6) is -0.983. The molecular formula is C17H20N2O2. The van der Waals surface area contributed by atoms with Gasteiger partial charge in [-0.15, -0.1) is 0 Å². The van der Waals surface area contributed by atoms with E-state index in [2.05, 4.69) is 17.0 Å². The van der Waals surface area contributed by atoms with E-state index < -0.39 is 5.97 Å². The first-order valence-corrected chi connectivity index (χ1v) is 6.95. The summed E-state index contributed by atoms with van der Waals surface area (Å²) in [6.45, 7) is 5.40.